The molecule has 2 aromatic carbocycles. The van der Waals surface area contributed by atoms with Crippen LogP contribution in [-0.2, 0) is 16.0 Å². The molecule has 9 heteroatoms. The average molecular weight is 463 g/mol. The van der Waals surface area contributed by atoms with Gasteiger partial charge < -0.3 is 24.8 Å². The Morgan fingerprint density at radius 2 is 1.97 bits per heavy atom. The Kier molecular flexibility index (Phi) is 6.15. The lowest BCUT2D eigenvalue weighted by Gasteiger charge is -2.40. The van der Waals surface area contributed by atoms with Crippen molar-refractivity contribution >= 4 is 29.2 Å². The van der Waals surface area contributed by atoms with Crippen molar-refractivity contribution in [1.82, 2.24) is 4.90 Å². The first-order valence-electron chi connectivity index (χ1n) is 10.4. The molecule has 2 aliphatic rings. The lowest BCUT2D eigenvalue weighted by Crippen LogP contribution is -2.53. The van der Waals surface area contributed by atoms with Gasteiger partial charge in [-0.3, -0.25) is 9.59 Å². The summed E-state index contributed by atoms with van der Waals surface area (Å²) in [6.07, 6.45) is 0.180. The number of piperidine rings is 1. The Morgan fingerprint density at radius 3 is 2.59 bits per heavy atom. The number of anilines is 1. The number of carbonyl (C=O) groups is 2. The maximum absolute atomic E-state index is 13.2. The quantitative estimate of drug-likeness (QED) is 0.706. The molecule has 2 aliphatic heterocycles. The van der Waals surface area contributed by atoms with Crippen LogP contribution in [0.25, 0.3) is 0 Å². The van der Waals surface area contributed by atoms with Gasteiger partial charge in [0.15, 0.2) is 6.10 Å². The summed E-state index contributed by atoms with van der Waals surface area (Å²) in [5.74, 6) is -0.532. The topological polar surface area (TPSA) is 88.1 Å². The number of fused-ring (bicyclic) bond motifs is 1. The molecule has 1 saturated heterocycles. The number of carboxylic acid groups (broad SMARTS) is 1. The first-order chi connectivity index (χ1) is 15.3. The summed E-state index contributed by atoms with van der Waals surface area (Å²) in [6, 6.07) is 9.20. The van der Waals surface area contributed by atoms with E-state index in [1.807, 2.05) is 0 Å². The normalized spacial score (nSPS) is 19.3. The van der Waals surface area contributed by atoms with Crippen molar-refractivity contribution < 1.29 is 28.6 Å². The maximum atomic E-state index is 13.2. The Balaban J connectivity index is 1.42. The molecule has 2 N–H and O–H groups in total. The Bertz CT molecular complexity index is 1020. The number of hydrogen-bond donors (Lipinski definition) is 2. The van der Waals surface area contributed by atoms with E-state index in [9.17, 15) is 19.1 Å². The number of methoxy groups -OCH3 is 1. The first-order valence-corrected chi connectivity index (χ1v) is 10.7. The Labute approximate surface area is 190 Å². The van der Waals surface area contributed by atoms with Gasteiger partial charge in [0.05, 0.1) is 29.8 Å². The number of rotatable bonds is 5. The summed E-state index contributed by atoms with van der Waals surface area (Å²) in [7, 11) is 1.50. The molecule has 1 fully saturated rings. The van der Waals surface area contributed by atoms with Crippen LogP contribution in [0.15, 0.2) is 36.4 Å². The van der Waals surface area contributed by atoms with Crippen LogP contribution in [0, 0.1) is 11.2 Å². The molecule has 0 spiro atoms. The second kappa shape index (κ2) is 8.86. The first kappa shape index (κ1) is 22.2. The van der Waals surface area contributed by atoms with Gasteiger partial charge >= 0.3 is 5.97 Å². The monoisotopic (exact) mass is 462 g/mol. The largest absolute Gasteiger partial charge is 0.495 e. The van der Waals surface area contributed by atoms with Crippen LogP contribution >= 0.6 is 11.6 Å². The van der Waals surface area contributed by atoms with E-state index in [1.54, 1.807) is 29.2 Å². The third-order valence-electron chi connectivity index (χ3n) is 6.22. The van der Waals surface area contributed by atoms with E-state index >= 15 is 0 Å². The van der Waals surface area contributed by atoms with E-state index in [1.165, 1.54) is 19.2 Å². The van der Waals surface area contributed by atoms with Gasteiger partial charge in [-0.05, 0) is 43.0 Å². The summed E-state index contributed by atoms with van der Waals surface area (Å²) in [5, 5.41) is 13.5. The summed E-state index contributed by atoms with van der Waals surface area (Å²) in [6.45, 7) is 0.899. The number of carboxylic acids is 1. The maximum Gasteiger partial charge on any atom is 0.310 e. The number of aliphatic carboxylic acids is 1. The minimum atomic E-state index is -0.989. The molecule has 32 heavy (non-hydrogen) atoms. The van der Waals surface area contributed by atoms with Gasteiger partial charge in [-0.2, -0.15) is 0 Å². The highest BCUT2D eigenvalue weighted by molar-refractivity contribution is 6.32. The fraction of sp³-hybridized carbons (Fsp3) is 0.391. The summed E-state index contributed by atoms with van der Waals surface area (Å²) < 4.78 is 24.3. The van der Waals surface area contributed by atoms with Gasteiger partial charge in [0, 0.05) is 19.2 Å². The molecule has 0 bridgehead atoms. The summed E-state index contributed by atoms with van der Waals surface area (Å²) in [5.41, 5.74) is 0.456. The molecule has 0 aliphatic carbocycles. The molecule has 1 atom stereocenters. The van der Waals surface area contributed by atoms with Crippen LogP contribution < -0.4 is 14.8 Å². The van der Waals surface area contributed by atoms with Gasteiger partial charge in [-0.15, -0.1) is 0 Å². The van der Waals surface area contributed by atoms with E-state index < -0.39 is 17.5 Å². The number of benzene rings is 2. The molecule has 7 nitrogen and oxygen atoms in total. The van der Waals surface area contributed by atoms with Gasteiger partial charge in [-0.1, -0.05) is 23.7 Å². The zero-order chi connectivity index (χ0) is 22.9. The van der Waals surface area contributed by atoms with Crippen LogP contribution in [0.2, 0.25) is 5.02 Å². The number of likely N-dealkylation sites (tertiary alicyclic amines) is 1. The molecule has 1 unspecified atom stereocenters. The van der Waals surface area contributed by atoms with Crippen molar-refractivity contribution in [3.8, 4) is 11.5 Å². The molecule has 170 valence electrons. The highest BCUT2D eigenvalue weighted by atomic mass is 35.5. The van der Waals surface area contributed by atoms with Crippen molar-refractivity contribution in [1.29, 1.82) is 0 Å². The van der Waals surface area contributed by atoms with Crippen LogP contribution in [0.3, 0.4) is 0 Å². The predicted octanol–water partition coefficient (Wildman–Crippen LogP) is 3.60. The third kappa shape index (κ3) is 4.32. The number of nitrogens with one attached hydrogen (secondary N) is 1. The van der Waals surface area contributed by atoms with Crippen LogP contribution in [0.4, 0.5) is 10.1 Å². The molecular weight excluding hydrogens is 439 g/mol. The number of amides is 1. The molecule has 2 heterocycles. The van der Waals surface area contributed by atoms with E-state index in [-0.39, 0.29) is 18.3 Å². The van der Waals surface area contributed by atoms with Gasteiger partial charge in [0.1, 0.15) is 17.3 Å². The molecule has 0 saturated carbocycles. The lowest BCUT2D eigenvalue weighted by molar-refractivity contribution is -0.155. The van der Waals surface area contributed by atoms with E-state index in [0.29, 0.717) is 54.6 Å². The van der Waals surface area contributed by atoms with Gasteiger partial charge in [0.25, 0.3) is 5.91 Å². The number of hydrogen-bond acceptors (Lipinski definition) is 5. The Morgan fingerprint density at radius 1 is 1.28 bits per heavy atom. The SMILES string of the molecule is COc1cc2c(cc1Cl)NCC(C(=O)N1CCC(Cc3ccc(F)cc3)(C(=O)O)CC1)O2. The molecular formula is C23H24ClFN2O5. The van der Waals surface area contributed by atoms with Gasteiger partial charge in [-0.25, -0.2) is 4.39 Å². The van der Waals surface area contributed by atoms with E-state index in [4.69, 9.17) is 21.1 Å². The standard InChI is InChI=1S/C23H24ClFN2O5/c1-31-18-11-19-17(10-16(18)24)26-13-20(32-19)21(28)27-8-6-23(7-9-27,22(29)30)12-14-2-4-15(25)5-3-14/h2-5,10-11,20,26H,6-9,12-13H2,1H3,(H,29,30). The van der Waals surface area contributed by atoms with Crippen LogP contribution in [0.1, 0.15) is 18.4 Å². The minimum Gasteiger partial charge on any atom is -0.495 e. The minimum absolute atomic E-state index is 0.196. The van der Waals surface area contributed by atoms with Crippen LogP contribution in [-0.4, -0.2) is 54.7 Å². The average Bonchev–Trinajstić information content (AvgIpc) is 2.79. The lowest BCUT2D eigenvalue weighted by atomic mass is 9.73. The number of carbonyl (C=O) groups excluding carboxylic acids is 1. The number of halogens is 2. The van der Waals surface area contributed by atoms with Crippen LogP contribution in [0.5, 0.6) is 11.5 Å². The number of ether oxygens (including phenoxy) is 2. The third-order valence-corrected chi connectivity index (χ3v) is 6.51. The Hall–Kier alpha value is -3.00. The van der Waals surface area contributed by atoms with Crippen molar-refractivity contribution in [2.24, 2.45) is 5.41 Å². The highest BCUT2D eigenvalue weighted by Crippen LogP contribution is 2.39. The predicted molar refractivity (Wildman–Crippen MR) is 117 cm³/mol. The number of nitrogens with zero attached hydrogens (tertiary/aromatic N) is 1. The zero-order valence-corrected chi connectivity index (χ0v) is 18.3. The summed E-state index contributed by atoms with van der Waals surface area (Å²) in [4.78, 5) is 26.8. The molecule has 1 amide bonds. The fourth-order valence-electron chi connectivity index (χ4n) is 4.28. The molecule has 0 aromatic heterocycles. The van der Waals surface area contributed by atoms with E-state index in [2.05, 4.69) is 5.32 Å². The van der Waals surface area contributed by atoms with Crippen molar-refractivity contribution in [2.45, 2.75) is 25.4 Å². The molecule has 4 rings (SSSR count). The zero-order valence-electron chi connectivity index (χ0n) is 17.6. The second-order valence-electron chi connectivity index (χ2n) is 8.18. The fourth-order valence-corrected chi connectivity index (χ4v) is 4.52. The van der Waals surface area contributed by atoms with Crippen molar-refractivity contribution in [3.63, 3.8) is 0 Å². The molecule has 0 radical (unpaired) electrons. The second-order valence-corrected chi connectivity index (χ2v) is 8.59. The van der Waals surface area contributed by atoms with E-state index in [0.717, 1.165) is 5.56 Å². The van der Waals surface area contributed by atoms with Crippen molar-refractivity contribution in [2.75, 3.05) is 32.1 Å². The highest BCUT2D eigenvalue weighted by Gasteiger charge is 2.43. The van der Waals surface area contributed by atoms with Crippen molar-refractivity contribution in [3.05, 3.63) is 52.8 Å². The summed E-state index contributed by atoms with van der Waals surface area (Å²) >= 11 is 6.14. The van der Waals surface area contributed by atoms with Gasteiger partial charge in [0.2, 0.25) is 0 Å². The molecule has 2 aromatic rings. The smallest absolute Gasteiger partial charge is 0.310 e.